The van der Waals surface area contributed by atoms with Gasteiger partial charge in [-0.1, -0.05) is 13.5 Å². The maximum Gasteiger partial charge on any atom is 0.545 e. The summed E-state index contributed by atoms with van der Waals surface area (Å²) in [5, 5.41) is 0. The predicted molar refractivity (Wildman–Crippen MR) is 50.1 cm³/mol. The Balaban J connectivity index is 4.53. The summed E-state index contributed by atoms with van der Waals surface area (Å²) in [5.41, 5.74) is 0. The summed E-state index contributed by atoms with van der Waals surface area (Å²) in [6, 6.07) is 0. The number of phosphoric acid groups is 1. The van der Waals surface area contributed by atoms with Crippen LogP contribution >= 0.6 is 7.82 Å². The molecule has 0 radical (unpaired) electrons. The van der Waals surface area contributed by atoms with Crippen molar-refractivity contribution in [1.82, 2.24) is 0 Å². The summed E-state index contributed by atoms with van der Waals surface area (Å²) in [7, 11) is -4.40. The van der Waals surface area contributed by atoms with Gasteiger partial charge in [-0.3, -0.25) is 4.52 Å². The molecule has 0 aromatic heterocycles. The van der Waals surface area contributed by atoms with Crippen molar-refractivity contribution in [3.8, 4) is 0 Å². The molecule has 0 aliphatic carbocycles. The lowest BCUT2D eigenvalue weighted by Crippen LogP contribution is -2.06. The molecule has 0 N–H and O–H groups in total. The molecular formula is C6H10O7PS-. The van der Waals surface area contributed by atoms with Gasteiger partial charge in [-0.2, -0.15) is 3.97 Å². The van der Waals surface area contributed by atoms with Crippen LogP contribution in [0.3, 0.4) is 0 Å². The van der Waals surface area contributed by atoms with Crippen molar-refractivity contribution in [2.24, 2.45) is 0 Å². The monoisotopic (exact) mass is 257 g/mol. The Kier molecular flexibility index (Phi) is 6.62. The fraction of sp³-hybridized carbons (Fsp3) is 0.500. The van der Waals surface area contributed by atoms with Gasteiger partial charge in [0.1, 0.15) is 0 Å². The summed E-state index contributed by atoms with van der Waals surface area (Å²) in [6.07, 6.45) is 1.16. The first-order chi connectivity index (χ1) is 6.93. The standard InChI is InChI=1S/C6H11O7PS/c1-3-5-11-14(8,13-15(9)10)12-6(7)4-2/h4H,2-3,5H2,1H3,(H,9,10)/p-1. The van der Waals surface area contributed by atoms with Gasteiger partial charge in [-0.15, -0.1) is 0 Å². The Labute approximate surface area is 89.5 Å². The van der Waals surface area contributed by atoms with Gasteiger partial charge in [0, 0.05) is 6.08 Å². The quantitative estimate of drug-likeness (QED) is 0.381. The first-order valence-electron chi connectivity index (χ1n) is 3.83. The van der Waals surface area contributed by atoms with Gasteiger partial charge in [0.25, 0.3) is 0 Å². The fourth-order valence-electron chi connectivity index (χ4n) is 0.488. The molecule has 0 aliphatic heterocycles. The number of rotatable bonds is 7. The van der Waals surface area contributed by atoms with Crippen molar-refractivity contribution in [2.45, 2.75) is 13.3 Å². The largest absolute Gasteiger partial charge is 0.749 e. The van der Waals surface area contributed by atoms with Gasteiger partial charge in [-0.05, 0) is 6.42 Å². The van der Waals surface area contributed by atoms with E-state index < -0.39 is 25.2 Å². The van der Waals surface area contributed by atoms with E-state index in [1.807, 2.05) is 0 Å². The van der Waals surface area contributed by atoms with Crippen LogP contribution in [0.1, 0.15) is 13.3 Å². The third-order valence-electron chi connectivity index (χ3n) is 0.974. The molecular weight excluding hydrogens is 247 g/mol. The lowest BCUT2D eigenvalue weighted by atomic mass is 10.5. The molecule has 0 aromatic carbocycles. The molecule has 0 saturated heterocycles. The fourth-order valence-corrected chi connectivity index (χ4v) is 2.13. The molecule has 0 spiro atoms. The van der Waals surface area contributed by atoms with Crippen molar-refractivity contribution in [1.29, 1.82) is 0 Å². The smallest absolute Gasteiger partial charge is 0.545 e. The van der Waals surface area contributed by atoms with E-state index in [1.54, 1.807) is 6.92 Å². The highest BCUT2D eigenvalue weighted by molar-refractivity contribution is 7.79. The molecule has 0 rings (SSSR count). The van der Waals surface area contributed by atoms with Crippen LogP contribution in [-0.4, -0.2) is 21.3 Å². The van der Waals surface area contributed by atoms with E-state index in [-0.39, 0.29) is 6.61 Å². The van der Waals surface area contributed by atoms with Gasteiger partial charge in [0.15, 0.2) is 0 Å². The van der Waals surface area contributed by atoms with E-state index in [4.69, 9.17) is 0 Å². The predicted octanol–water partition coefficient (Wildman–Crippen LogP) is 1.06. The van der Waals surface area contributed by atoms with Gasteiger partial charge >= 0.3 is 13.8 Å². The van der Waals surface area contributed by atoms with Gasteiger partial charge in [0.05, 0.1) is 18.0 Å². The van der Waals surface area contributed by atoms with Crippen molar-refractivity contribution in [3.05, 3.63) is 12.7 Å². The van der Waals surface area contributed by atoms with Crippen LogP contribution in [0.2, 0.25) is 0 Å². The van der Waals surface area contributed by atoms with Crippen molar-refractivity contribution in [3.63, 3.8) is 0 Å². The Morgan fingerprint density at radius 1 is 1.67 bits per heavy atom. The first-order valence-corrected chi connectivity index (χ1v) is 6.29. The minimum atomic E-state index is -4.40. The minimum absolute atomic E-state index is 0.0705. The number of hydrogen-bond acceptors (Lipinski definition) is 7. The second-order valence-electron chi connectivity index (χ2n) is 2.17. The van der Waals surface area contributed by atoms with Gasteiger partial charge in [-0.25, -0.2) is 13.6 Å². The molecule has 2 atom stereocenters. The van der Waals surface area contributed by atoms with Gasteiger partial charge < -0.3 is 9.08 Å². The molecule has 0 amide bonds. The number of hydrogen-bond donors (Lipinski definition) is 0. The van der Waals surface area contributed by atoms with Crippen LogP contribution in [0.4, 0.5) is 0 Å². The lowest BCUT2D eigenvalue weighted by molar-refractivity contribution is -0.130. The Morgan fingerprint density at radius 3 is 2.67 bits per heavy atom. The molecule has 88 valence electrons. The van der Waals surface area contributed by atoms with E-state index in [0.717, 1.165) is 0 Å². The normalized spacial score (nSPS) is 16.4. The minimum Gasteiger partial charge on any atom is -0.749 e. The van der Waals surface area contributed by atoms with Crippen LogP contribution in [0.15, 0.2) is 12.7 Å². The number of carbonyl (C=O) groups is 1. The van der Waals surface area contributed by atoms with Crippen LogP contribution < -0.4 is 0 Å². The zero-order valence-corrected chi connectivity index (χ0v) is 9.62. The zero-order valence-electron chi connectivity index (χ0n) is 7.91. The number of phosphoric ester groups is 1. The summed E-state index contributed by atoms with van der Waals surface area (Å²) < 4.78 is 44.3. The maximum atomic E-state index is 11.4. The Hall–Kier alpha value is -0.530. The summed E-state index contributed by atoms with van der Waals surface area (Å²) in [5.74, 6) is -1.10. The molecule has 0 bridgehead atoms. The van der Waals surface area contributed by atoms with Crippen LogP contribution in [0.5, 0.6) is 0 Å². The molecule has 0 fully saturated rings. The zero-order chi connectivity index (χ0) is 11.9. The second kappa shape index (κ2) is 6.86. The SMILES string of the molecule is C=CC(=O)OP(=O)(OCCC)OS(=O)[O-]. The third kappa shape index (κ3) is 6.53. The van der Waals surface area contributed by atoms with E-state index in [1.165, 1.54) is 0 Å². The average molecular weight is 257 g/mol. The molecule has 9 heteroatoms. The van der Waals surface area contributed by atoms with Crippen LogP contribution in [0, 0.1) is 0 Å². The molecule has 0 heterocycles. The lowest BCUT2D eigenvalue weighted by Gasteiger charge is -2.16. The Bertz CT molecular complexity index is 302. The first kappa shape index (κ1) is 14.5. The Morgan fingerprint density at radius 2 is 2.27 bits per heavy atom. The van der Waals surface area contributed by atoms with E-state index in [0.29, 0.717) is 12.5 Å². The summed E-state index contributed by atoms with van der Waals surface area (Å²) in [4.78, 5) is 10.7. The van der Waals surface area contributed by atoms with Crippen LogP contribution in [0.25, 0.3) is 0 Å². The highest BCUT2D eigenvalue weighted by atomic mass is 32.2. The summed E-state index contributed by atoms with van der Waals surface area (Å²) >= 11 is -3.11. The molecule has 7 nitrogen and oxygen atoms in total. The summed E-state index contributed by atoms with van der Waals surface area (Å²) in [6.45, 7) is 4.66. The van der Waals surface area contributed by atoms with Crippen molar-refractivity contribution >= 4 is 25.2 Å². The molecule has 15 heavy (non-hydrogen) atoms. The van der Waals surface area contributed by atoms with E-state index in [9.17, 15) is 18.1 Å². The molecule has 0 aromatic rings. The second-order valence-corrected chi connectivity index (χ2v) is 4.51. The third-order valence-corrected chi connectivity index (χ3v) is 3.09. The molecule has 2 unspecified atom stereocenters. The van der Waals surface area contributed by atoms with Crippen molar-refractivity contribution < 1.29 is 31.1 Å². The van der Waals surface area contributed by atoms with E-state index in [2.05, 4.69) is 19.6 Å². The van der Waals surface area contributed by atoms with Crippen molar-refractivity contribution in [2.75, 3.05) is 6.61 Å². The number of carbonyl (C=O) groups excluding carboxylic acids is 1. The van der Waals surface area contributed by atoms with Crippen LogP contribution in [-0.2, 0) is 33.7 Å². The molecule has 0 aliphatic rings. The molecule has 0 saturated carbocycles. The average Bonchev–Trinajstić information content (AvgIpc) is 2.13. The van der Waals surface area contributed by atoms with Gasteiger partial charge in [0.2, 0.25) is 0 Å². The topological polar surface area (TPSA) is 102 Å². The maximum absolute atomic E-state index is 11.4. The van der Waals surface area contributed by atoms with E-state index >= 15 is 0 Å². The highest BCUT2D eigenvalue weighted by Gasteiger charge is 2.31. The highest BCUT2D eigenvalue weighted by Crippen LogP contribution is 2.50.